The van der Waals surface area contributed by atoms with Crippen molar-refractivity contribution in [3.8, 4) is 5.75 Å². The third-order valence-electron chi connectivity index (χ3n) is 3.41. The number of halogens is 1. The van der Waals surface area contributed by atoms with Crippen molar-refractivity contribution in [1.82, 2.24) is 0 Å². The monoisotopic (exact) mass is 237 g/mol. The first kappa shape index (κ1) is 11.0. The van der Waals surface area contributed by atoms with E-state index in [1.54, 1.807) is 6.07 Å². The molecule has 0 amide bonds. The van der Waals surface area contributed by atoms with Crippen molar-refractivity contribution < 1.29 is 13.9 Å². The Morgan fingerprint density at radius 2 is 2.24 bits per heavy atom. The summed E-state index contributed by atoms with van der Waals surface area (Å²) in [5.41, 5.74) is 6.62. The highest BCUT2D eigenvalue weighted by Gasteiger charge is 2.29. The highest BCUT2D eigenvalue weighted by Crippen LogP contribution is 2.30. The normalized spacial score (nSPS) is 30.6. The molecule has 2 N–H and O–H groups in total. The molecule has 1 aromatic carbocycles. The zero-order valence-corrected chi connectivity index (χ0v) is 9.56. The second-order valence-electron chi connectivity index (χ2n) is 4.88. The molecule has 1 atom stereocenters. The van der Waals surface area contributed by atoms with Gasteiger partial charge in [0.2, 0.25) is 0 Å². The summed E-state index contributed by atoms with van der Waals surface area (Å²) in [6, 6.07) is 4.95. The summed E-state index contributed by atoms with van der Waals surface area (Å²) >= 11 is 0. The van der Waals surface area contributed by atoms with E-state index in [9.17, 15) is 4.39 Å². The van der Waals surface area contributed by atoms with Gasteiger partial charge in [0.15, 0.2) is 0 Å². The van der Waals surface area contributed by atoms with Crippen molar-refractivity contribution in [3.63, 3.8) is 0 Å². The van der Waals surface area contributed by atoms with E-state index in [-0.39, 0.29) is 18.0 Å². The van der Waals surface area contributed by atoms with Gasteiger partial charge in [0.1, 0.15) is 17.7 Å². The Hall–Kier alpha value is -1.13. The maximum absolute atomic E-state index is 13.0. The fraction of sp³-hybridized carbons (Fsp3) is 0.538. The SMILES string of the molecule is NC1CC(OCC2Cc3cc(F)ccc3O2)C1. The molecule has 17 heavy (non-hydrogen) atoms. The summed E-state index contributed by atoms with van der Waals surface area (Å²) < 4.78 is 24.4. The topological polar surface area (TPSA) is 44.5 Å². The number of benzene rings is 1. The van der Waals surface area contributed by atoms with Crippen LogP contribution in [-0.2, 0) is 11.2 Å². The smallest absolute Gasteiger partial charge is 0.126 e. The van der Waals surface area contributed by atoms with Crippen LogP contribution in [0.15, 0.2) is 18.2 Å². The fourth-order valence-corrected chi connectivity index (χ4v) is 2.37. The van der Waals surface area contributed by atoms with E-state index in [2.05, 4.69) is 0 Å². The molecule has 4 heteroatoms. The van der Waals surface area contributed by atoms with Crippen LogP contribution >= 0.6 is 0 Å². The highest BCUT2D eigenvalue weighted by atomic mass is 19.1. The zero-order valence-electron chi connectivity index (χ0n) is 9.56. The molecule has 1 aliphatic carbocycles. The third-order valence-corrected chi connectivity index (χ3v) is 3.41. The molecule has 0 bridgehead atoms. The third kappa shape index (κ3) is 2.28. The van der Waals surface area contributed by atoms with Gasteiger partial charge in [0, 0.05) is 18.0 Å². The summed E-state index contributed by atoms with van der Waals surface area (Å²) in [7, 11) is 0. The molecular weight excluding hydrogens is 221 g/mol. The Labute approximate surface area is 99.7 Å². The first-order chi connectivity index (χ1) is 8.20. The van der Waals surface area contributed by atoms with Crippen molar-refractivity contribution in [2.24, 2.45) is 5.73 Å². The first-order valence-electron chi connectivity index (χ1n) is 6.03. The average Bonchev–Trinajstić information content (AvgIpc) is 2.64. The fourth-order valence-electron chi connectivity index (χ4n) is 2.37. The summed E-state index contributed by atoms with van der Waals surface area (Å²) in [6.45, 7) is 0.563. The molecule has 0 aromatic heterocycles. The van der Waals surface area contributed by atoms with Gasteiger partial charge in [0.05, 0.1) is 12.7 Å². The Balaban J connectivity index is 1.52. The van der Waals surface area contributed by atoms with Crippen LogP contribution in [0.2, 0.25) is 0 Å². The van der Waals surface area contributed by atoms with Crippen LogP contribution in [0.25, 0.3) is 0 Å². The standard InChI is InChI=1S/C13H16FNO2/c14-9-1-2-13-8(3-9)4-12(17-13)7-16-11-5-10(15)6-11/h1-3,10-12H,4-7,15H2. The van der Waals surface area contributed by atoms with E-state index < -0.39 is 0 Å². The van der Waals surface area contributed by atoms with E-state index in [4.69, 9.17) is 15.2 Å². The lowest BCUT2D eigenvalue weighted by molar-refractivity contribution is -0.0381. The zero-order chi connectivity index (χ0) is 11.8. The molecule has 0 saturated heterocycles. The molecule has 0 radical (unpaired) electrons. The lowest BCUT2D eigenvalue weighted by Gasteiger charge is -2.32. The molecule has 1 aromatic rings. The number of hydrogen-bond donors (Lipinski definition) is 1. The van der Waals surface area contributed by atoms with Crippen LogP contribution < -0.4 is 10.5 Å². The van der Waals surface area contributed by atoms with E-state index in [1.165, 1.54) is 12.1 Å². The Bertz CT molecular complexity index is 418. The van der Waals surface area contributed by atoms with Gasteiger partial charge < -0.3 is 15.2 Å². The van der Waals surface area contributed by atoms with Gasteiger partial charge in [-0.2, -0.15) is 0 Å². The summed E-state index contributed by atoms with van der Waals surface area (Å²) in [4.78, 5) is 0. The van der Waals surface area contributed by atoms with Crippen LogP contribution in [0.3, 0.4) is 0 Å². The minimum atomic E-state index is -0.209. The second-order valence-corrected chi connectivity index (χ2v) is 4.88. The summed E-state index contributed by atoms with van der Waals surface area (Å²) in [6.07, 6.45) is 2.91. The Kier molecular flexibility index (Phi) is 2.76. The molecule has 92 valence electrons. The van der Waals surface area contributed by atoms with E-state index >= 15 is 0 Å². The van der Waals surface area contributed by atoms with Crippen molar-refractivity contribution in [2.45, 2.75) is 37.5 Å². The van der Waals surface area contributed by atoms with Crippen LogP contribution in [-0.4, -0.2) is 24.9 Å². The minimum absolute atomic E-state index is 0.0172. The van der Waals surface area contributed by atoms with E-state index in [0.717, 1.165) is 30.6 Å². The quantitative estimate of drug-likeness (QED) is 0.869. The van der Waals surface area contributed by atoms with Crippen LogP contribution in [0.5, 0.6) is 5.75 Å². The Morgan fingerprint density at radius 1 is 1.41 bits per heavy atom. The molecular formula is C13H16FNO2. The van der Waals surface area contributed by atoms with Gasteiger partial charge in [0.25, 0.3) is 0 Å². The molecule has 2 aliphatic rings. The molecule has 3 nitrogen and oxygen atoms in total. The first-order valence-corrected chi connectivity index (χ1v) is 6.03. The van der Waals surface area contributed by atoms with Gasteiger partial charge in [-0.25, -0.2) is 4.39 Å². The number of rotatable bonds is 3. The van der Waals surface area contributed by atoms with Crippen molar-refractivity contribution in [1.29, 1.82) is 0 Å². The predicted molar refractivity (Wildman–Crippen MR) is 61.5 cm³/mol. The van der Waals surface area contributed by atoms with Gasteiger partial charge in [-0.05, 0) is 31.0 Å². The molecule has 0 spiro atoms. The van der Waals surface area contributed by atoms with E-state index in [0.29, 0.717) is 12.6 Å². The van der Waals surface area contributed by atoms with Crippen LogP contribution in [0, 0.1) is 5.82 Å². The van der Waals surface area contributed by atoms with Gasteiger partial charge in [-0.3, -0.25) is 0 Å². The molecule has 1 fully saturated rings. The highest BCUT2D eigenvalue weighted by molar-refractivity contribution is 5.37. The van der Waals surface area contributed by atoms with Crippen molar-refractivity contribution in [2.75, 3.05) is 6.61 Å². The number of hydrogen-bond acceptors (Lipinski definition) is 3. The maximum Gasteiger partial charge on any atom is 0.126 e. The van der Waals surface area contributed by atoms with Gasteiger partial charge in [-0.15, -0.1) is 0 Å². The maximum atomic E-state index is 13.0. The van der Waals surface area contributed by atoms with Crippen LogP contribution in [0.1, 0.15) is 18.4 Å². The molecule has 1 saturated carbocycles. The van der Waals surface area contributed by atoms with Crippen molar-refractivity contribution in [3.05, 3.63) is 29.6 Å². The molecule has 1 unspecified atom stereocenters. The van der Waals surface area contributed by atoms with Gasteiger partial charge in [-0.1, -0.05) is 0 Å². The van der Waals surface area contributed by atoms with Crippen LogP contribution in [0.4, 0.5) is 4.39 Å². The van der Waals surface area contributed by atoms with E-state index in [1.807, 2.05) is 0 Å². The lowest BCUT2D eigenvalue weighted by Crippen LogP contribution is -2.43. The van der Waals surface area contributed by atoms with Crippen molar-refractivity contribution >= 4 is 0 Å². The number of nitrogens with two attached hydrogens (primary N) is 1. The predicted octanol–water partition coefficient (Wildman–Crippen LogP) is 1.64. The minimum Gasteiger partial charge on any atom is -0.487 e. The molecule has 3 rings (SSSR count). The number of ether oxygens (including phenoxy) is 2. The molecule has 1 aliphatic heterocycles. The van der Waals surface area contributed by atoms with Gasteiger partial charge >= 0.3 is 0 Å². The lowest BCUT2D eigenvalue weighted by atomic mass is 9.90. The number of fused-ring (bicyclic) bond motifs is 1. The molecule has 1 heterocycles. The average molecular weight is 237 g/mol. The second kappa shape index (κ2) is 4.27. The largest absolute Gasteiger partial charge is 0.487 e. The summed E-state index contributed by atoms with van der Waals surface area (Å²) in [5.74, 6) is 0.573. The Morgan fingerprint density at radius 3 is 3.00 bits per heavy atom. The summed E-state index contributed by atoms with van der Waals surface area (Å²) in [5, 5.41) is 0.